The molecule has 0 aliphatic heterocycles. The number of alkyl halides is 3. The summed E-state index contributed by atoms with van der Waals surface area (Å²) in [5.74, 6) is -0.173. The van der Waals surface area contributed by atoms with E-state index in [0.29, 0.717) is 17.2 Å². The number of hydrogen-bond acceptors (Lipinski definition) is 6. The van der Waals surface area contributed by atoms with Crippen molar-refractivity contribution in [3.63, 3.8) is 0 Å². The highest BCUT2D eigenvalue weighted by molar-refractivity contribution is 7.91. The van der Waals surface area contributed by atoms with E-state index in [4.69, 9.17) is 0 Å². The van der Waals surface area contributed by atoms with E-state index in [0.717, 1.165) is 0 Å². The second-order valence-corrected chi connectivity index (χ2v) is 12.9. The Kier molecular flexibility index (Phi) is 9.15. The van der Waals surface area contributed by atoms with Gasteiger partial charge in [0.15, 0.2) is 9.84 Å². The van der Waals surface area contributed by atoms with Gasteiger partial charge in [-0.3, -0.25) is 9.78 Å². The number of carbonyl (C=O) groups excluding carboxylic acids is 1. The molecule has 0 fully saturated rings. The zero-order valence-corrected chi connectivity index (χ0v) is 24.2. The Bertz CT molecular complexity index is 1470. The van der Waals surface area contributed by atoms with E-state index < -0.39 is 39.0 Å². The lowest BCUT2D eigenvalue weighted by Gasteiger charge is -2.24. The van der Waals surface area contributed by atoms with Gasteiger partial charge in [0.25, 0.3) is 5.91 Å². The molecule has 1 unspecified atom stereocenters. The quantitative estimate of drug-likeness (QED) is 0.363. The van der Waals surface area contributed by atoms with E-state index >= 15 is 0 Å². The number of sulfone groups is 1. The Morgan fingerprint density at radius 1 is 1.12 bits per heavy atom. The van der Waals surface area contributed by atoms with E-state index in [2.05, 4.69) is 15.3 Å². The molecule has 0 bridgehead atoms. The molecule has 218 valence electrons. The predicted octanol–water partition coefficient (Wildman–Crippen LogP) is 5.12. The SMILES string of the molecule is CCC(O)c1cccc(Cn2c(C(C)(C)C)nc(C(=O)NCc3ccc(S(=O)(=O)CC)cn3)c2C)c1C(F)(F)F. The number of halogens is 3. The first-order valence-corrected chi connectivity index (χ1v) is 14.6. The van der Waals surface area contributed by atoms with Crippen LogP contribution in [0, 0.1) is 6.92 Å². The van der Waals surface area contributed by atoms with Gasteiger partial charge in [-0.2, -0.15) is 13.2 Å². The number of nitrogens with one attached hydrogen (secondary N) is 1. The summed E-state index contributed by atoms with van der Waals surface area (Å²) >= 11 is 0. The van der Waals surface area contributed by atoms with Crippen LogP contribution in [0.1, 0.15) is 91.5 Å². The van der Waals surface area contributed by atoms with Crippen LogP contribution in [0.25, 0.3) is 0 Å². The normalized spacial score (nSPS) is 13.3. The third kappa shape index (κ3) is 6.72. The maximum absolute atomic E-state index is 14.2. The average molecular weight is 581 g/mol. The first-order valence-electron chi connectivity index (χ1n) is 12.9. The molecule has 0 aliphatic carbocycles. The van der Waals surface area contributed by atoms with Crippen LogP contribution in [0.3, 0.4) is 0 Å². The zero-order chi connectivity index (χ0) is 30.0. The van der Waals surface area contributed by atoms with Crippen LogP contribution in [0.15, 0.2) is 41.4 Å². The monoisotopic (exact) mass is 580 g/mol. The largest absolute Gasteiger partial charge is 0.417 e. The van der Waals surface area contributed by atoms with Gasteiger partial charge in [0, 0.05) is 23.9 Å². The molecule has 3 rings (SSSR count). The van der Waals surface area contributed by atoms with Gasteiger partial charge < -0.3 is 15.0 Å². The standard InChI is InChI=1S/C28H35F3N4O4S/c1-7-22(36)21-11-9-10-18(23(21)28(29,30)31)16-35-17(3)24(34-26(35)27(4,5)6)25(37)33-14-19-12-13-20(15-32-19)40(38,39)8-2/h9-13,15,22,36H,7-8,14,16H2,1-6H3,(H,33,37). The molecule has 1 amide bonds. The molecular formula is C28H35F3N4O4S. The molecule has 8 nitrogen and oxygen atoms in total. The third-order valence-electron chi connectivity index (χ3n) is 6.61. The van der Waals surface area contributed by atoms with E-state index in [-0.39, 0.29) is 47.0 Å². The fraction of sp³-hybridized carbons (Fsp3) is 0.464. The summed E-state index contributed by atoms with van der Waals surface area (Å²) in [6.07, 6.45) is -4.61. The minimum Gasteiger partial charge on any atom is -0.388 e. The molecule has 2 aromatic heterocycles. The van der Waals surface area contributed by atoms with Crippen molar-refractivity contribution in [3.05, 3.63) is 76.1 Å². The number of imidazole rings is 1. The van der Waals surface area contributed by atoms with Crippen molar-refractivity contribution in [2.45, 2.75) is 83.6 Å². The van der Waals surface area contributed by atoms with Crippen LogP contribution in [-0.4, -0.2) is 39.7 Å². The highest BCUT2D eigenvalue weighted by atomic mass is 32.2. The highest BCUT2D eigenvalue weighted by Gasteiger charge is 2.38. The van der Waals surface area contributed by atoms with Gasteiger partial charge in [-0.05, 0) is 36.6 Å². The average Bonchev–Trinajstić information content (AvgIpc) is 3.22. The summed E-state index contributed by atoms with van der Waals surface area (Å²) in [5.41, 5.74) is -0.847. The number of aliphatic hydroxyl groups excluding tert-OH is 1. The number of benzene rings is 1. The second-order valence-electron chi connectivity index (χ2n) is 10.6. The Hall–Kier alpha value is -3.25. The van der Waals surface area contributed by atoms with Gasteiger partial charge in [-0.15, -0.1) is 0 Å². The van der Waals surface area contributed by atoms with Crippen LogP contribution in [-0.2, 0) is 34.5 Å². The molecule has 40 heavy (non-hydrogen) atoms. The number of carbonyl (C=O) groups is 1. The summed E-state index contributed by atoms with van der Waals surface area (Å²) in [4.78, 5) is 21.9. The number of aromatic nitrogens is 3. The van der Waals surface area contributed by atoms with Crippen molar-refractivity contribution < 1.29 is 31.5 Å². The fourth-order valence-electron chi connectivity index (χ4n) is 4.40. The van der Waals surface area contributed by atoms with Crippen molar-refractivity contribution in [3.8, 4) is 0 Å². The van der Waals surface area contributed by atoms with E-state index in [9.17, 15) is 31.5 Å². The Morgan fingerprint density at radius 2 is 1.80 bits per heavy atom. The summed E-state index contributed by atoms with van der Waals surface area (Å²) in [6.45, 7) is 10.1. The second kappa shape index (κ2) is 11.7. The molecule has 0 radical (unpaired) electrons. The smallest absolute Gasteiger partial charge is 0.388 e. The molecule has 1 atom stereocenters. The maximum Gasteiger partial charge on any atom is 0.417 e. The minimum absolute atomic E-state index is 0.00237. The van der Waals surface area contributed by atoms with Crippen LogP contribution in [0.4, 0.5) is 13.2 Å². The number of nitrogens with zero attached hydrogens (tertiary/aromatic N) is 3. The minimum atomic E-state index is -4.70. The van der Waals surface area contributed by atoms with Crippen molar-refractivity contribution in [2.75, 3.05) is 5.75 Å². The van der Waals surface area contributed by atoms with Crippen LogP contribution >= 0.6 is 0 Å². The predicted molar refractivity (Wildman–Crippen MR) is 145 cm³/mol. The lowest BCUT2D eigenvalue weighted by molar-refractivity contribution is -0.139. The van der Waals surface area contributed by atoms with E-state index in [1.807, 2.05) is 20.8 Å². The lowest BCUT2D eigenvalue weighted by Crippen LogP contribution is -2.24. The van der Waals surface area contributed by atoms with E-state index in [1.54, 1.807) is 18.4 Å². The first-order chi connectivity index (χ1) is 18.5. The summed E-state index contributed by atoms with van der Waals surface area (Å²) in [6, 6.07) is 7.06. The van der Waals surface area contributed by atoms with Gasteiger partial charge in [0.05, 0.1) is 34.6 Å². The molecule has 2 heterocycles. The van der Waals surface area contributed by atoms with Crippen molar-refractivity contribution in [1.82, 2.24) is 19.9 Å². The summed E-state index contributed by atoms with van der Waals surface area (Å²) in [5, 5.41) is 13.0. The van der Waals surface area contributed by atoms with Crippen LogP contribution in [0.5, 0.6) is 0 Å². The number of rotatable bonds is 9. The lowest BCUT2D eigenvalue weighted by atomic mass is 9.93. The van der Waals surface area contributed by atoms with Gasteiger partial charge in [0.1, 0.15) is 11.5 Å². The molecule has 12 heteroatoms. The molecule has 3 aromatic rings. The Morgan fingerprint density at radius 3 is 2.33 bits per heavy atom. The Labute approximate surface area is 232 Å². The fourth-order valence-corrected chi connectivity index (χ4v) is 5.22. The highest BCUT2D eigenvalue weighted by Crippen LogP contribution is 2.39. The van der Waals surface area contributed by atoms with E-state index in [1.165, 1.54) is 43.5 Å². The topological polar surface area (TPSA) is 114 Å². The Balaban J connectivity index is 1.96. The van der Waals surface area contributed by atoms with Crippen LogP contribution < -0.4 is 5.32 Å². The van der Waals surface area contributed by atoms with Gasteiger partial charge in [-0.1, -0.05) is 52.8 Å². The van der Waals surface area contributed by atoms with Crippen molar-refractivity contribution in [1.29, 1.82) is 0 Å². The first kappa shape index (κ1) is 31.3. The molecule has 0 saturated carbocycles. The molecule has 0 aliphatic rings. The number of pyridine rings is 1. The number of amides is 1. The van der Waals surface area contributed by atoms with Crippen molar-refractivity contribution >= 4 is 15.7 Å². The maximum atomic E-state index is 14.2. The molecule has 0 saturated heterocycles. The summed E-state index contributed by atoms with van der Waals surface area (Å²) < 4.78 is 68.2. The number of hydrogen-bond donors (Lipinski definition) is 2. The molecule has 2 N–H and O–H groups in total. The van der Waals surface area contributed by atoms with Crippen LogP contribution in [0.2, 0.25) is 0 Å². The summed E-state index contributed by atoms with van der Waals surface area (Å²) in [7, 11) is -3.41. The molecular weight excluding hydrogens is 545 g/mol. The third-order valence-corrected chi connectivity index (χ3v) is 8.33. The number of aliphatic hydroxyl groups is 1. The van der Waals surface area contributed by atoms with Crippen molar-refractivity contribution in [2.24, 2.45) is 0 Å². The van der Waals surface area contributed by atoms with Gasteiger partial charge in [0.2, 0.25) is 0 Å². The molecule has 0 spiro atoms. The van der Waals surface area contributed by atoms with Gasteiger partial charge in [-0.25, -0.2) is 13.4 Å². The zero-order valence-electron chi connectivity index (χ0n) is 23.4. The van der Waals surface area contributed by atoms with Gasteiger partial charge >= 0.3 is 6.18 Å². The molecule has 1 aromatic carbocycles.